The topological polar surface area (TPSA) is 88.8 Å². The van der Waals surface area contributed by atoms with Crippen molar-refractivity contribution in [2.75, 3.05) is 11.1 Å². The van der Waals surface area contributed by atoms with Gasteiger partial charge in [-0.15, -0.1) is 11.8 Å². The van der Waals surface area contributed by atoms with E-state index >= 15 is 0 Å². The summed E-state index contributed by atoms with van der Waals surface area (Å²) in [5.74, 6) is -0.332. The predicted molar refractivity (Wildman–Crippen MR) is 101 cm³/mol. The molecular weight excluding hydrogens is 368 g/mol. The van der Waals surface area contributed by atoms with Gasteiger partial charge in [0.05, 0.1) is 6.26 Å². The zero-order valence-corrected chi connectivity index (χ0v) is 15.8. The fourth-order valence-corrected chi connectivity index (χ4v) is 4.21. The number of amides is 2. The van der Waals surface area contributed by atoms with E-state index < -0.39 is 24.0 Å². The Morgan fingerprint density at radius 2 is 1.96 bits per heavy atom. The summed E-state index contributed by atoms with van der Waals surface area (Å²) in [4.78, 5) is 38.4. The lowest BCUT2D eigenvalue weighted by atomic mass is 10.2. The summed E-state index contributed by atoms with van der Waals surface area (Å²) in [6.45, 7) is 2.90. The molecule has 0 spiro atoms. The Morgan fingerprint density at radius 3 is 2.59 bits per heavy atom. The molecule has 27 heavy (non-hydrogen) atoms. The van der Waals surface area contributed by atoms with E-state index in [0.717, 1.165) is 0 Å². The molecule has 0 aliphatic carbocycles. The molecule has 1 aromatic carbocycles. The van der Waals surface area contributed by atoms with E-state index in [2.05, 4.69) is 5.32 Å². The quantitative estimate of drug-likeness (QED) is 0.793. The van der Waals surface area contributed by atoms with Crippen LogP contribution in [0.1, 0.15) is 25.0 Å². The van der Waals surface area contributed by atoms with Gasteiger partial charge in [0.2, 0.25) is 5.91 Å². The minimum Gasteiger partial charge on any atom is -0.466 e. The average molecular weight is 388 g/mol. The summed E-state index contributed by atoms with van der Waals surface area (Å²) in [5, 5.41) is 2.30. The maximum atomic E-state index is 12.6. The lowest BCUT2D eigenvalue weighted by Gasteiger charge is -2.26. The molecule has 1 saturated heterocycles. The van der Waals surface area contributed by atoms with Crippen LogP contribution in [0, 0.1) is 0 Å². The number of nitrogens with zero attached hydrogens (tertiary/aromatic N) is 1. The van der Waals surface area contributed by atoms with Gasteiger partial charge < -0.3 is 19.4 Å². The van der Waals surface area contributed by atoms with Crippen molar-refractivity contribution in [2.24, 2.45) is 0 Å². The largest absolute Gasteiger partial charge is 0.466 e. The number of furan rings is 1. The summed E-state index contributed by atoms with van der Waals surface area (Å²) in [5.41, 5.74) is 0.616. The molecule has 1 aliphatic rings. The fourth-order valence-electron chi connectivity index (χ4n) is 2.80. The van der Waals surface area contributed by atoms with E-state index in [0.29, 0.717) is 17.2 Å². The van der Waals surface area contributed by atoms with E-state index in [-0.39, 0.29) is 11.3 Å². The molecule has 2 aromatic rings. The molecule has 142 valence electrons. The van der Waals surface area contributed by atoms with Crippen LogP contribution in [0.2, 0.25) is 0 Å². The minimum absolute atomic E-state index is 0.259. The van der Waals surface area contributed by atoms with Crippen LogP contribution in [0.15, 0.2) is 53.1 Å². The van der Waals surface area contributed by atoms with Crippen molar-refractivity contribution in [3.8, 4) is 0 Å². The molecule has 3 rings (SSSR count). The van der Waals surface area contributed by atoms with Gasteiger partial charge in [-0.1, -0.05) is 18.2 Å². The minimum atomic E-state index is -0.987. The maximum absolute atomic E-state index is 12.6. The van der Waals surface area contributed by atoms with Gasteiger partial charge in [0, 0.05) is 18.4 Å². The zero-order chi connectivity index (χ0) is 19.4. The second kappa shape index (κ2) is 8.30. The molecule has 7 nitrogen and oxygen atoms in total. The third kappa shape index (κ3) is 4.33. The van der Waals surface area contributed by atoms with E-state index in [4.69, 9.17) is 9.15 Å². The highest BCUT2D eigenvalue weighted by molar-refractivity contribution is 7.99. The van der Waals surface area contributed by atoms with Crippen molar-refractivity contribution in [3.05, 3.63) is 54.5 Å². The summed E-state index contributed by atoms with van der Waals surface area (Å²) < 4.78 is 10.7. The van der Waals surface area contributed by atoms with Gasteiger partial charge in [-0.05, 0) is 31.2 Å². The van der Waals surface area contributed by atoms with Crippen LogP contribution in [0.25, 0.3) is 0 Å². The van der Waals surface area contributed by atoms with Crippen molar-refractivity contribution in [2.45, 2.75) is 31.4 Å². The van der Waals surface area contributed by atoms with Gasteiger partial charge in [-0.2, -0.15) is 0 Å². The van der Waals surface area contributed by atoms with Crippen LogP contribution in [-0.4, -0.2) is 40.6 Å². The van der Waals surface area contributed by atoms with E-state index in [1.54, 1.807) is 36.4 Å². The molecule has 1 N–H and O–H groups in total. The Morgan fingerprint density at radius 1 is 1.22 bits per heavy atom. The van der Waals surface area contributed by atoms with Crippen molar-refractivity contribution in [1.82, 2.24) is 4.90 Å². The molecule has 0 radical (unpaired) electrons. The molecule has 1 fully saturated rings. The Hall–Kier alpha value is -2.74. The van der Waals surface area contributed by atoms with Gasteiger partial charge >= 0.3 is 5.97 Å². The number of para-hydroxylation sites is 1. The first-order chi connectivity index (χ1) is 13.0. The fraction of sp³-hybridized carbons (Fsp3) is 0.316. The number of benzene rings is 1. The predicted octanol–water partition coefficient (Wildman–Crippen LogP) is 2.81. The third-order valence-corrected chi connectivity index (χ3v) is 5.41. The number of anilines is 1. The molecule has 2 amide bonds. The molecule has 8 heteroatoms. The monoisotopic (exact) mass is 388 g/mol. The van der Waals surface area contributed by atoms with E-state index in [1.807, 2.05) is 6.07 Å². The number of carbonyl (C=O) groups excluding carboxylic acids is 3. The normalized spacial score (nSPS) is 20.1. The number of rotatable bonds is 5. The number of nitrogens with one attached hydrogen (secondary N) is 1. The number of hydrogen-bond donors (Lipinski definition) is 1. The second-order valence-electron chi connectivity index (χ2n) is 6.08. The van der Waals surface area contributed by atoms with Crippen molar-refractivity contribution in [3.63, 3.8) is 0 Å². The van der Waals surface area contributed by atoms with Gasteiger partial charge in [0.25, 0.3) is 5.91 Å². The van der Waals surface area contributed by atoms with Gasteiger partial charge in [-0.3, -0.25) is 9.59 Å². The Balaban J connectivity index is 1.64. The highest BCUT2D eigenvalue weighted by Gasteiger charge is 2.43. The summed E-state index contributed by atoms with van der Waals surface area (Å²) in [6, 6.07) is 11.6. The molecule has 0 bridgehead atoms. The van der Waals surface area contributed by atoms with E-state index in [9.17, 15) is 14.4 Å². The lowest BCUT2D eigenvalue weighted by Crippen LogP contribution is -2.44. The molecule has 1 aliphatic heterocycles. The van der Waals surface area contributed by atoms with Crippen molar-refractivity contribution in [1.29, 1.82) is 0 Å². The molecule has 2 heterocycles. The van der Waals surface area contributed by atoms with E-state index in [1.165, 1.54) is 36.8 Å². The Labute approximate surface area is 161 Å². The molecule has 0 saturated carbocycles. The van der Waals surface area contributed by atoms with Crippen LogP contribution in [-0.2, 0) is 19.1 Å². The highest BCUT2D eigenvalue weighted by atomic mass is 32.2. The van der Waals surface area contributed by atoms with Crippen LogP contribution in [0.5, 0.6) is 0 Å². The number of carbonyl (C=O) groups is 3. The number of thioether (sulfide) groups is 1. The van der Waals surface area contributed by atoms with Gasteiger partial charge in [0.15, 0.2) is 6.10 Å². The average Bonchev–Trinajstić information content (AvgIpc) is 3.31. The molecular formula is C19H20N2O5S. The Bertz CT molecular complexity index is 809. The van der Waals surface area contributed by atoms with Crippen LogP contribution >= 0.6 is 11.8 Å². The lowest BCUT2D eigenvalue weighted by molar-refractivity contribution is -0.160. The van der Waals surface area contributed by atoms with Crippen LogP contribution in [0.4, 0.5) is 5.69 Å². The summed E-state index contributed by atoms with van der Waals surface area (Å²) in [7, 11) is 0. The number of ether oxygens (including phenoxy) is 1. The van der Waals surface area contributed by atoms with Crippen molar-refractivity contribution < 1.29 is 23.5 Å². The first-order valence-corrected chi connectivity index (χ1v) is 9.52. The Kier molecular flexibility index (Phi) is 5.85. The second-order valence-corrected chi connectivity index (χ2v) is 7.19. The SMILES string of the molecule is CC(=O)N1[C@@H](C(=O)O[C@@H](C)C(=O)Nc2ccccc2)CS[C@@H]1c1ccco1. The zero-order valence-electron chi connectivity index (χ0n) is 15.0. The van der Waals surface area contributed by atoms with Gasteiger partial charge in [-0.25, -0.2) is 4.79 Å². The summed E-state index contributed by atoms with van der Waals surface area (Å²) in [6.07, 6.45) is 0.537. The standard InChI is InChI=1S/C19H20N2O5S/c1-12(17(23)20-14-7-4-3-5-8-14)26-19(24)15-11-27-18(21(15)13(2)22)16-9-6-10-25-16/h3-10,12,15,18H,11H2,1-2H3,(H,20,23)/t12-,15+,18+/m0/s1. The van der Waals surface area contributed by atoms with Gasteiger partial charge in [0.1, 0.15) is 17.2 Å². The number of hydrogen-bond acceptors (Lipinski definition) is 6. The smallest absolute Gasteiger partial charge is 0.330 e. The first-order valence-electron chi connectivity index (χ1n) is 8.47. The van der Waals surface area contributed by atoms with Crippen molar-refractivity contribution >= 4 is 35.2 Å². The molecule has 0 unspecified atom stereocenters. The molecule has 3 atom stereocenters. The third-order valence-electron chi connectivity index (χ3n) is 4.13. The maximum Gasteiger partial charge on any atom is 0.330 e. The van der Waals surface area contributed by atoms with Crippen LogP contribution < -0.4 is 5.32 Å². The first kappa shape index (κ1) is 19.0. The number of esters is 1. The van der Waals surface area contributed by atoms with Crippen LogP contribution in [0.3, 0.4) is 0 Å². The molecule has 1 aromatic heterocycles. The summed E-state index contributed by atoms with van der Waals surface area (Å²) >= 11 is 1.42. The highest BCUT2D eigenvalue weighted by Crippen LogP contribution is 2.41.